The lowest BCUT2D eigenvalue weighted by Gasteiger charge is -2.12. The molecule has 0 heterocycles. The zero-order valence-electron chi connectivity index (χ0n) is 6.53. The number of halogens is 5. The Morgan fingerprint density at radius 3 is 2.43 bits per heavy atom. The standard InChI is InChI=1S/C7H4BrF3INO/c8-3-1-2-4(6(13)5(3)12)14-7(9,10)11/h1-2H,13H2. The van der Waals surface area contributed by atoms with Crippen molar-refractivity contribution >= 4 is 44.2 Å². The van der Waals surface area contributed by atoms with Gasteiger partial charge in [0.2, 0.25) is 0 Å². The van der Waals surface area contributed by atoms with E-state index in [9.17, 15) is 13.2 Å². The van der Waals surface area contributed by atoms with Crippen molar-refractivity contribution in [2.45, 2.75) is 6.36 Å². The lowest BCUT2D eigenvalue weighted by atomic mass is 10.3. The second-order valence-electron chi connectivity index (χ2n) is 2.32. The molecular weight excluding hydrogens is 378 g/mol. The first-order valence-electron chi connectivity index (χ1n) is 3.30. The largest absolute Gasteiger partial charge is 0.573 e. The average Bonchev–Trinajstić information content (AvgIpc) is 2.04. The molecule has 1 aromatic carbocycles. The zero-order valence-corrected chi connectivity index (χ0v) is 10.3. The van der Waals surface area contributed by atoms with E-state index in [1.165, 1.54) is 6.07 Å². The lowest BCUT2D eigenvalue weighted by Crippen LogP contribution is -2.18. The number of hydrogen-bond acceptors (Lipinski definition) is 2. The Bertz CT molecular complexity index is 356. The van der Waals surface area contributed by atoms with Gasteiger partial charge in [-0.3, -0.25) is 0 Å². The Kier molecular flexibility index (Phi) is 3.51. The van der Waals surface area contributed by atoms with Gasteiger partial charge in [-0.25, -0.2) is 0 Å². The molecule has 0 radical (unpaired) electrons. The maximum Gasteiger partial charge on any atom is 0.573 e. The summed E-state index contributed by atoms with van der Waals surface area (Å²) in [5.41, 5.74) is 5.40. The SMILES string of the molecule is Nc1c(OC(F)(F)F)ccc(Br)c1I. The zero-order chi connectivity index (χ0) is 10.9. The van der Waals surface area contributed by atoms with Gasteiger partial charge in [-0.15, -0.1) is 13.2 Å². The molecule has 14 heavy (non-hydrogen) atoms. The Labute approximate surface area is 99.9 Å². The van der Waals surface area contributed by atoms with Gasteiger partial charge in [0.25, 0.3) is 0 Å². The number of rotatable bonds is 1. The molecule has 0 saturated heterocycles. The molecule has 0 amide bonds. The van der Waals surface area contributed by atoms with Crippen LogP contribution in [-0.4, -0.2) is 6.36 Å². The molecule has 0 bridgehead atoms. The average molecular weight is 382 g/mol. The van der Waals surface area contributed by atoms with Crippen LogP contribution in [0.2, 0.25) is 0 Å². The molecule has 0 atom stereocenters. The van der Waals surface area contributed by atoms with Crippen molar-refractivity contribution < 1.29 is 17.9 Å². The van der Waals surface area contributed by atoms with E-state index in [0.29, 0.717) is 8.04 Å². The first-order chi connectivity index (χ1) is 6.31. The molecule has 0 spiro atoms. The van der Waals surface area contributed by atoms with E-state index in [2.05, 4.69) is 20.7 Å². The predicted octanol–water partition coefficient (Wildman–Crippen LogP) is 3.53. The molecule has 1 aromatic rings. The summed E-state index contributed by atoms with van der Waals surface area (Å²) in [5, 5.41) is 0. The van der Waals surface area contributed by atoms with Crippen LogP contribution in [0.4, 0.5) is 18.9 Å². The fraction of sp³-hybridized carbons (Fsp3) is 0.143. The predicted molar refractivity (Wildman–Crippen MR) is 58.0 cm³/mol. The third kappa shape index (κ3) is 2.91. The quantitative estimate of drug-likeness (QED) is 0.596. The van der Waals surface area contributed by atoms with Crippen molar-refractivity contribution in [3.63, 3.8) is 0 Å². The highest BCUT2D eigenvalue weighted by atomic mass is 127. The van der Waals surface area contributed by atoms with Gasteiger partial charge >= 0.3 is 6.36 Å². The molecule has 0 saturated carbocycles. The normalized spacial score (nSPS) is 11.5. The van der Waals surface area contributed by atoms with Gasteiger partial charge in [0.05, 0.1) is 9.26 Å². The Balaban J connectivity index is 3.06. The minimum Gasteiger partial charge on any atom is -0.404 e. The second kappa shape index (κ2) is 4.13. The van der Waals surface area contributed by atoms with E-state index >= 15 is 0 Å². The summed E-state index contributed by atoms with van der Waals surface area (Å²) in [5.74, 6) is -0.384. The molecule has 0 aliphatic rings. The molecule has 2 N–H and O–H groups in total. The number of nitrogens with two attached hydrogens (primary N) is 1. The minimum atomic E-state index is -4.72. The monoisotopic (exact) mass is 381 g/mol. The molecule has 78 valence electrons. The topological polar surface area (TPSA) is 35.2 Å². The summed E-state index contributed by atoms with van der Waals surface area (Å²) in [7, 11) is 0. The lowest BCUT2D eigenvalue weighted by molar-refractivity contribution is -0.274. The van der Waals surface area contributed by atoms with Crippen molar-refractivity contribution in [1.82, 2.24) is 0 Å². The fourth-order valence-corrected chi connectivity index (χ4v) is 1.55. The van der Waals surface area contributed by atoms with Crippen LogP contribution < -0.4 is 10.5 Å². The molecule has 0 aliphatic carbocycles. The molecule has 0 fully saturated rings. The number of hydrogen-bond donors (Lipinski definition) is 1. The summed E-state index contributed by atoms with van der Waals surface area (Å²) in [6.07, 6.45) is -4.72. The molecule has 7 heteroatoms. The Morgan fingerprint density at radius 1 is 1.36 bits per heavy atom. The van der Waals surface area contributed by atoms with E-state index < -0.39 is 6.36 Å². The van der Waals surface area contributed by atoms with Crippen molar-refractivity contribution in [1.29, 1.82) is 0 Å². The number of anilines is 1. The summed E-state index contributed by atoms with van der Waals surface area (Å²) < 4.78 is 40.4. The van der Waals surface area contributed by atoms with Gasteiger partial charge in [-0.1, -0.05) is 0 Å². The number of alkyl halides is 3. The molecule has 2 nitrogen and oxygen atoms in total. The van der Waals surface area contributed by atoms with E-state index in [-0.39, 0.29) is 11.4 Å². The first kappa shape index (κ1) is 11.9. The highest BCUT2D eigenvalue weighted by Crippen LogP contribution is 2.35. The third-order valence-corrected chi connectivity index (χ3v) is 3.88. The molecular formula is C7H4BrF3INO. The maximum atomic E-state index is 11.9. The summed E-state index contributed by atoms with van der Waals surface area (Å²) in [6, 6.07) is 2.61. The highest BCUT2D eigenvalue weighted by Gasteiger charge is 2.32. The summed E-state index contributed by atoms with van der Waals surface area (Å²) in [6.45, 7) is 0. The van der Waals surface area contributed by atoms with E-state index in [1.807, 2.05) is 22.6 Å². The van der Waals surface area contributed by atoms with Crippen LogP contribution in [0, 0.1) is 3.57 Å². The molecule has 0 unspecified atom stereocenters. The van der Waals surface area contributed by atoms with Crippen LogP contribution in [-0.2, 0) is 0 Å². The second-order valence-corrected chi connectivity index (χ2v) is 4.25. The maximum absolute atomic E-state index is 11.9. The van der Waals surface area contributed by atoms with Gasteiger partial charge in [-0.05, 0) is 50.7 Å². The summed E-state index contributed by atoms with van der Waals surface area (Å²) in [4.78, 5) is 0. The van der Waals surface area contributed by atoms with Crippen LogP contribution in [0.3, 0.4) is 0 Å². The van der Waals surface area contributed by atoms with Crippen molar-refractivity contribution in [2.24, 2.45) is 0 Å². The van der Waals surface area contributed by atoms with E-state index in [4.69, 9.17) is 5.73 Å². The van der Waals surface area contributed by atoms with Gasteiger partial charge in [0, 0.05) is 4.47 Å². The number of ether oxygens (including phenoxy) is 1. The van der Waals surface area contributed by atoms with E-state index in [0.717, 1.165) is 6.07 Å². The number of benzene rings is 1. The van der Waals surface area contributed by atoms with Gasteiger partial charge < -0.3 is 10.5 Å². The molecule has 0 aromatic heterocycles. The minimum absolute atomic E-state index is 0.0303. The van der Waals surface area contributed by atoms with Crippen molar-refractivity contribution in [2.75, 3.05) is 5.73 Å². The Morgan fingerprint density at radius 2 is 1.93 bits per heavy atom. The van der Waals surface area contributed by atoms with Crippen LogP contribution in [0.1, 0.15) is 0 Å². The fourth-order valence-electron chi connectivity index (χ4n) is 0.762. The van der Waals surface area contributed by atoms with Gasteiger partial charge in [-0.2, -0.15) is 0 Å². The third-order valence-electron chi connectivity index (χ3n) is 1.32. The highest BCUT2D eigenvalue weighted by molar-refractivity contribution is 14.1. The van der Waals surface area contributed by atoms with Crippen LogP contribution in [0.25, 0.3) is 0 Å². The molecule has 1 rings (SSSR count). The van der Waals surface area contributed by atoms with Crippen LogP contribution in [0.15, 0.2) is 16.6 Å². The van der Waals surface area contributed by atoms with Crippen LogP contribution in [0.5, 0.6) is 5.75 Å². The van der Waals surface area contributed by atoms with Crippen molar-refractivity contribution in [3.8, 4) is 5.75 Å². The Hall–Kier alpha value is -0.180. The van der Waals surface area contributed by atoms with Crippen LogP contribution >= 0.6 is 38.5 Å². The summed E-state index contributed by atoms with van der Waals surface area (Å²) >= 11 is 4.96. The number of nitrogen functional groups attached to an aromatic ring is 1. The van der Waals surface area contributed by atoms with Gasteiger partial charge in [0.15, 0.2) is 5.75 Å². The first-order valence-corrected chi connectivity index (χ1v) is 5.17. The smallest absolute Gasteiger partial charge is 0.404 e. The van der Waals surface area contributed by atoms with Crippen molar-refractivity contribution in [3.05, 3.63) is 20.2 Å². The van der Waals surface area contributed by atoms with Gasteiger partial charge in [0.1, 0.15) is 0 Å². The molecule has 0 aliphatic heterocycles. The van der Waals surface area contributed by atoms with E-state index in [1.54, 1.807) is 0 Å².